The van der Waals surface area contributed by atoms with Gasteiger partial charge in [-0.2, -0.15) is 0 Å². The van der Waals surface area contributed by atoms with Crippen LogP contribution >= 0.6 is 0 Å². The molecular weight excluding hydrogens is 390 g/mol. The number of fused-ring (bicyclic) bond motifs is 3. The molecule has 162 valence electrons. The molecule has 1 atom stereocenters. The maximum atomic E-state index is 12.9. The molecule has 1 aliphatic carbocycles. The summed E-state index contributed by atoms with van der Waals surface area (Å²) in [6.45, 7) is 4.35. The smallest absolute Gasteiger partial charge is 0.287 e. The van der Waals surface area contributed by atoms with E-state index < -0.39 is 6.10 Å². The van der Waals surface area contributed by atoms with Crippen LogP contribution in [0.15, 0.2) is 40.8 Å². The molecule has 0 unspecified atom stereocenters. The molecule has 1 spiro atoms. The first-order valence-corrected chi connectivity index (χ1v) is 11.2. The highest BCUT2D eigenvalue weighted by Gasteiger charge is 2.42. The molecule has 5 rings (SSSR count). The molecule has 0 radical (unpaired) electrons. The molecule has 1 saturated carbocycles. The van der Waals surface area contributed by atoms with E-state index in [9.17, 15) is 9.90 Å². The number of benzene rings is 2. The van der Waals surface area contributed by atoms with Gasteiger partial charge in [-0.3, -0.25) is 4.79 Å². The quantitative estimate of drug-likeness (QED) is 0.588. The SMILES string of the molecule is Cc1ccccc1CNC(=O)c1oc2ccc3c(c2c1C)[C@@H](O)CC1(CCCCC1)O3. The zero-order valence-electron chi connectivity index (χ0n) is 18.2. The zero-order chi connectivity index (χ0) is 21.6. The predicted molar refractivity (Wildman–Crippen MR) is 119 cm³/mol. The average Bonchev–Trinajstić information content (AvgIpc) is 3.10. The number of hydrogen-bond donors (Lipinski definition) is 2. The minimum atomic E-state index is -0.621. The number of aryl methyl sites for hydroxylation is 2. The summed E-state index contributed by atoms with van der Waals surface area (Å²) in [4.78, 5) is 12.9. The molecule has 0 saturated heterocycles. The third-order valence-corrected chi connectivity index (χ3v) is 6.99. The second kappa shape index (κ2) is 7.72. The lowest BCUT2D eigenvalue weighted by molar-refractivity contribution is -0.0373. The van der Waals surface area contributed by atoms with Crippen LogP contribution in [-0.4, -0.2) is 16.6 Å². The molecule has 1 amide bonds. The highest BCUT2D eigenvalue weighted by atomic mass is 16.5. The van der Waals surface area contributed by atoms with Crippen molar-refractivity contribution in [1.29, 1.82) is 0 Å². The number of ether oxygens (including phenoxy) is 1. The van der Waals surface area contributed by atoms with Crippen LogP contribution in [0.2, 0.25) is 0 Å². The number of furan rings is 1. The second-order valence-corrected chi connectivity index (χ2v) is 9.08. The number of nitrogens with one attached hydrogen (secondary N) is 1. The number of carbonyl (C=O) groups is 1. The fourth-order valence-electron chi connectivity index (χ4n) is 5.28. The molecule has 5 heteroatoms. The Hall–Kier alpha value is -2.79. The van der Waals surface area contributed by atoms with Crippen molar-refractivity contribution < 1.29 is 19.1 Å². The number of aliphatic hydroxyl groups is 1. The van der Waals surface area contributed by atoms with Gasteiger partial charge in [-0.1, -0.05) is 30.7 Å². The van der Waals surface area contributed by atoms with Crippen LogP contribution in [0.5, 0.6) is 5.75 Å². The van der Waals surface area contributed by atoms with Crippen molar-refractivity contribution in [3.05, 3.63) is 64.4 Å². The summed E-state index contributed by atoms with van der Waals surface area (Å²) in [5, 5.41) is 14.9. The first-order valence-electron chi connectivity index (χ1n) is 11.2. The van der Waals surface area contributed by atoms with E-state index in [1.165, 1.54) is 6.42 Å². The van der Waals surface area contributed by atoms with Crippen molar-refractivity contribution in [2.75, 3.05) is 0 Å². The van der Waals surface area contributed by atoms with E-state index in [-0.39, 0.29) is 11.5 Å². The van der Waals surface area contributed by atoms with Gasteiger partial charge < -0.3 is 19.6 Å². The minimum absolute atomic E-state index is 0.249. The van der Waals surface area contributed by atoms with Gasteiger partial charge in [-0.05, 0) is 62.8 Å². The van der Waals surface area contributed by atoms with Crippen LogP contribution in [0.4, 0.5) is 0 Å². The van der Waals surface area contributed by atoms with Gasteiger partial charge in [0.2, 0.25) is 0 Å². The van der Waals surface area contributed by atoms with E-state index in [0.717, 1.165) is 59.1 Å². The molecule has 0 bridgehead atoms. The van der Waals surface area contributed by atoms with Gasteiger partial charge in [-0.15, -0.1) is 0 Å². The van der Waals surface area contributed by atoms with Crippen LogP contribution < -0.4 is 10.1 Å². The Morgan fingerprint density at radius 2 is 1.90 bits per heavy atom. The standard InChI is InChI=1S/C26H29NO4/c1-16-8-4-5-9-18(16)15-27-25(29)24-17(2)22-20(30-24)10-11-21-23(22)19(28)14-26(31-21)12-6-3-7-13-26/h4-5,8-11,19,28H,3,6-7,12-15H2,1-2H3,(H,27,29)/t19-/m0/s1. The minimum Gasteiger partial charge on any atom is -0.487 e. The first kappa shape index (κ1) is 20.1. The number of hydrogen-bond acceptors (Lipinski definition) is 4. The number of amides is 1. The van der Waals surface area contributed by atoms with E-state index >= 15 is 0 Å². The van der Waals surface area contributed by atoms with Crippen LogP contribution in [0.25, 0.3) is 11.0 Å². The molecule has 1 fully saturated rings. The normalized spacial score (nSPS) is 19.8. The highest BCUT2D eigenvalue weighted by molar-refractivity contribution is 6.00. The van der Waals surface area contributed by atoms with Crippen molar-refractivity contribution in [3.8, 4) is 5.75 Å². The third-order valence-electron chi connectivity index (χ3n) is 6.99. The summed E-state index contributed by atoms with van der Waals surface area (Å²) in [6.07, 6.45) is 5.45. The Bertz CT molecular complexity index is 1140. The Balaban J connectivity index is 1.46. The van der Waals surface area contributed by atoms with Gasteiger partial charge in [0, 0.05) is 29.5 Å². The molecule has 2 aliphatic rings. The predicted octanol–water partition coefficient (Wildman–Crippen LogP) is 5.50. The Kier molecular flexibility index (Phi) is 5.01. The first-order chi connectivity index (χ1) is 15.0. The van der Waals surface area contributed by atoms with Crippen LogP contribution in [0, 0.1) is 13.8 Å². The Morgan fingerprint density at radius 3 is 2.68 bits per heavy atom. The summed E-state index contributed by atoms with van der Waals surface area (Å²) in [5.74, 6) is 0.770. The lowest BCUT2D eigenvalue weighted by Gasteiger charge is -2.43. The lowest BCUT2D eigenvalue weighted by atomic mass is 9.77. The van der Waals surface area contributed by atoms with Crippen molar-refractivity contribution >= 4 is 16.9 Å². The maximum absolute atomic E-state index is 12.9. The third kappa shape index (κ3) is 3.51. The van der Waals surface area contributed by atoms with Crippen molar-refractivity contribution in [1.82, 2.24) is 5.32 Å². The molecule has 1 aromatic heterocycles. The fourth-order valence-corrected chi connectivity index (χ4v) is 5.28. The van der Waals surface area contributed by atoms with Crippen LogP contribution in [0.1, 0.15) is 77.4 Å². The fraction of sp³-hybridized carbons (Fsp3) is 0.423. The van der Waals surface area contributed by atoms with Crippen LogP contribution in [0.3, 0.4) is 0 Å². The molecule has 5 nitrogen and oxygen atoms in total. The lowest BCUT2D eigenvalue weighted by Crippen LogP contribution is -2.42. The number of aliphatic hydroxyl groups excluding tert-OH is 1. The number of rotatable bonds is 3. The topological polar surface area (TPSA) is 71.7 Å². The summed E-state index contributed by atoms with van der Waals surface area (Å²) in [7, 11) is 0. The summed E-state index contributed by atoms with van der Waals surface area (Å²) in [5.41, 5.74) is 4.06. The zero-order valence-corrected chi connectivity index (χ0v) is 18.2. The van der Waals surface area contributed by atoms with E-state index in [2.05, 4.69) is 5.32 Å². The molecule has 2 N–H and O–H groups in total. The summed E-state index contributed by atoms with van der Waals surface area (Å²) in [6, 6.07) is 11.7. The van der Waals surface area contributed by atoms with Crippen molar-refractivity contribution in [3.63, 3.8) is 0 Å². The second-order valence-electron chi connectivity index (χ2n) is 9.08. The molecule has 2 heterocycles. The van der Waals surface area contributed by atoms with Gasteiger partial charge in [0.05, 0.1) is 6.10 Å². The van der Waals surface area contributed by atoms with E-state index in [1.807, 2.05) is 50.2 Å². The van der Waals surface area contributed by atoms with Crippen molar-refractivity contribution in [2.24, 2.45) is 0 Å². The average molecular weight is 420 g/mol. The van der Waals surface area contributed by atoms with Gasteiger partial charge in [0.25, 0.3) is 5.91 Å². The van der Waals surface area contributed by atoms with Gasteiger partial charge in [0.1, 0.15) is 16.9 Å². The summed E-state index contributed by atoms with van der Waals surface area (Å²) >= 11 is 0. The van der Waals surface area contributed by atoms with Crippen molar-refractivity contribution in [2.45, 2.75) is 70.6 Å². The van der Waals surface area contributed by atoms with Gasteiger partial charge in [0.15, 0.2) is 5.76 Å². The number of carbonyl (C=O) groups excluding carboxylic acids is 1. The van der Waals surface area contributed by atoms with Gasteiger partial charge in [-0.25, -0.2) is 0 Å². The maximum Gasteiger partial charge on any atom is 0.287 e. The summed E-state index contributed by atoms with van der Waals surface area (Å²) < 4.78 is 12.4. The molecule has 31 heavy (non-hydrogen) atoms. The molecule has 1 aliphatic heterocycles. The highest BCUT2D eigenvalue weighted by Crippen LogP contribution is 2.49. The Morgan fingerprint density at radius 1 is 1.13 bits per heavy atom. The van der Waals surface area contributed by atoms with E-state index in [0.29, 0.717) is 24.3 Å². The van der Waals surface area contributed by atoms with E-state index in [1.54, 1.807) is 0 Å². The molecule has 2 aromatic carbocycles. The molecular formula is C26H29NO4. The monoisotopic (exact) mass is 419 g/mol. The van der Waals surface area contributed by atoms with Crippen LogP contribution in [-0.2, 0) is 6.54 Å². The van der Waals surface area contributed by atoms with Gasteiger partial charge >= 0.3 is 0 Å². The Labute approximate surface area is 182 Å². The molecule has 3 aromatic rings. The van der Waals surface area contributed by atoms with E-state index in [4.69, 9.17) is 9.15 Å². The largest absolute Gasteiger partial charge is 0.487 e.